The normalized spacial score (nSPS) is 15.0. The van der Waals surface area contributed by atoms with E-state index in [0.717, 1.165) is 24.5 Å². The Morgan fingerprint density at radius 2 is 2.00 bits per heavy atom. The molecule has 0 unspecified atom stereocenters. The lowest BCUT2D eigenvalue weighted by molar-refractivity contribution is -0.115. The molecule has 0 radical (unpaired) electrons. The fraction of sp³-hybridized carbons (Fsp3) is 0.562. The van der Waals surface area contributed by atoms with Crippen molar-refractivity contribution < 1.29 is 9.53 Å². The van der Waals surface area contributed by atoms with Crippen molar-refractivity contribution >= 4 is 17.3 Å². The fourth-order valence-corrected chi connectivity index (χ4v) is 2.56. The summed E-state index contributed by atoms with van der Waals surface area (Å²) in [6, 6.07) is 8.04. The summed E-state index contributed by atoms with van der Waals surface area (Å²) < 4.78 is 4.94. The molecule has 0 aromatic heterocycles. The Hall–Kier alpha value is -1.59. The van der Waals surface area contributed by atoms with E-state index in [-0.39, 0.29) is 5.91 Å². The lowest BCUT2D eigenvalue weighted by Crippen LogP contribution is -2.32. The number of nitrogens with one attached hydrogen (secondary N) is 2. The highest BCUT2D eigenvalue weighted by Gasteiger charge is 2.15. The van der Waals surface area contributed by atoms with E-state index in [1.807, 2.05) is 18.2 Å². The number of hydrogen-bond acceptors (Lipinski definition) is 4. The van der Waals surface area contributed by atoms with Gasteiger partial charge in [-0.25, -0.2) is 0 Å². The lowest BCUT2D eigenvalue weighted by atomic mass is 10.1. The lowest BCUT2D eigenvalue weighted by Gasteiger charge is -2.30. The average molecular weight is 291 g/mol. The third kappa shape index (κ3) is 5.02. The van der Waals surface area contributed by atoms with Crippen molar-refractivity contribution in [2.24, 2.45) is 0 Å². The maximum atomic E-state index is 12.0. The first kappa shape index (κ1) is 15.8. The molecule has 1 heterocycles. The molecule has 116 valence electrons. The minimum Gasteiger partial charge on any atom is -0.383 e. The molecule has 0 aliphatic carbocycles. The zero-order chi connectivity index (χ0) is 14.9. The van der Waals surface area contributed by atoms with Crippen molar-refractivity contribution in [2.75, 3.05) is 50.1 Å². The number of amides is 1. The van der Waals surface area contributed by atoms with Gasteiger partial charge in [-0.05, 0) is 31.4 Å². The van der Waals surface area contributed by atoms with Crippen LogP contribution in [-0.2, 0) is 9.53 Å². The minimum absolute atomic E-state index is 0.0180. The van der Waals surface area contributed by atoms with E-state index in [9.17, 15) is 4.79 Å². The number of hydrogen-bond donors (Lipinski definition) is 2. The van der Waals surface area contributed by atoms with Crippen LogP contribution in [0.25, 0.3) is 0 Å². The number of ether oxygens (including phenoxy) is 1. The van der Waals surface area contributed by atoms with E-state index in [1.54, 1.807) is 7.11 Å². The Bertz CT molecular complexity index is 445. The molecule has 1 aromatic rings. The Morgan fingerprint density at radius 1 is 1.24 bits per heavy atom. The van der Waals surface area contributed by atoms with Crippen LogP contribution in [0.1, 0.15) is 19.3 Å². The standard InChI is InChI=1S/C16H25N3O2/c1-21-12-9-17-13-16(20)18-14-7-3-4-8-15(14)19-10-5-2-6-11-19/h3-4,7-8,17H,2,5-6,9-13H2,1H3,(H,18,20). The molecule has 5 heteroatoms. The predicted octanol–water partition coefficient (Wildman–Crippen LogP) is 1.85. The van der Waals surface area contributed by atoms with Crippen LogP contribution in [0, 0.1) is 0 Å². The second kappa shape index (κ2) is 8.64. The highest BCUT2D eigenvalue weighted by atomic mass is 16.5. The highest BCUT2D eigenvalue weighted by Crippen LogP contribution is 2.28. The molecule has 0 atom stereocenters. The molecule has 1 amide bonds. The van der Waals surface area contributed by atoms with Crippen molar-refractivity contribution in [3.8, 4) is 0 Å². The van der Waals surface area contributed by atoms with Gasteiger partial charge in [0.05, 0.1) is 24.5 Å². The summed E-state index contributed by atoms with van der Waals surface area (Å²) in [6.07, 6.45) is 3.75. The van der Waals surface area contributed by atoms with E-state index in [4.69, 9.17) is 4.74 Å². The monoisotopic (exact) mass is 291 g/mol. The van der Waals surface area contributed by atoms with Crippen LogP contribution in [-0.4, -0.2) is 45.8 Å². The first-order valence-corrected chi connectivity index (χ1v) is 7.65. The van der Waals surface area contributed by atoms with E-state index >= 15 is 0 Å². The van der Waals surface area contributed by atoms with Gasteiger partial charge in [0, 0.05) is 26.7 Å². The number of anilines is 2. The van der Waals surface area contributed by atoms with Gasteiger partial charge in [0.2, 0.25) is 5.91 Å². The van der Waals surface area contributed by atoms with Crippen molar-refractivity contribution in [1.82, 2.24) is 5.32 Å². The summed E-state index contributed by atoms with van der Waals surface area (Å²) in [5.41, 5.74) is 2.03. The molecule has 2 rings (SSSR count). The highest BCUT2D eigenvalue weighted by molar-refractivity contribution is 5.95. The SMILES string of the molecule is COCCNCC(=O)Nc1ccccc1N1CCCCC1. The van der Waals surface area contributed by atoms with Crippen LogP contribution < -0.4 is 15.5 Å². The number of carbonyl (C=O) groups excluding carboxylic acids is 1. The summed E-state index contributed by atoms with van der Waals surface area (Å²) in [4.78, 5) is 14.3. The zero-order valence-electron chi connectivity index (χ0n) is 12.7. The molecule has 1 fully saturated rings. The van der Waals surface area contributed by atoms with Crippen LogP contribution in [0.15, 0.2) is 24.3 Å². The van der Waals surface area contributed by atoms with Crippen LogP contribution in [0.4, 0.5) is 11.4 Å². The van der Waals surface area contributed by atoms with Crippen LogP contribution in [0.3, 0.4) is 0 Å². The third-order valence-corrected chi connectivity index (χ3v) is 3.64. The first-order chi connectivity index (χ1) is 10.3. The van der Waals surface area contributed by atoms with Crippen LogP contribution >= 0.6 is 0 Å². The molecule has 1 saturated heterocycles. The van der Waals surface area contributed by atoms with Gasteiger partial charge in [0.15, 0.2) is 0 Å². The van der Waals surface area contributed by atoms with E-state index < -0.39 is 0 Å². The van der Waals surface area contributed by atoms with Crippen LogP contribution in [0.5, 0.6) is 0 Å². The number of carbonyl (C=O) groups is 1. The molecular weight excluding hydrogens is 266 g/mol. The largest absolute Gasteiger partial charge is 0.383 e. The molecule has 1 aliphatic rings. The first-order valence-electron chi connectivity index (χ1n) is 7.65. The smallest absolute Gasteiger partial charge is 0.238 e. The second-order valence-electron chi connectivity index (χ2n) is 5.28. The fourth-order valence-electron chi connectivity index (χ4n) is 2.56. The molecule has 21 heavy (non-hydrogen) atoms. The molecule has 5 nitrogen and oxygen atoms in total. The van der Waals surface area contributed by atoms with E-state index in [0.29, 0.717) is 19.7 Å². The summed E-state index contributed by atoms with van der Waals surface area (Å²) in [5.74, 6) is -0.0180. The molecular formula is C16H25N3O2. The van der Waals surface area contributed by atoms with Crippen molar-refractivity contribution in [1.29, 1.82) is 0 Å². The molecule has 0 spiro atoms. The van der Waals surface area contributed by atoms with E-state index in [2.05, 4.69) is 21.6 Å². The summed E-state index contributed by atoms with van der Waals surface area (Å²) in [6.45, 7) is 3.73. The van der Waals surface area contributed by atoms with Crippen molar-refractivity contribution in [2.45, 2.75) is 19.3 Å². The Labute approximate surface area is 126 Å². The third-order valence-electron chi connectivity index (χ3n) is 3.64. The number of rotatable bonds is 7. The molecule has 0 bridgehead atoms. The Kier molecular flexibility index (Phi) is 6.50. The Morgan fingerprint density at radius 3 is 2.76 bits per heavy atom. The van der Waals surface area contributed by atoms with E-state index in [1.165, 1.54) is 19.3 Å². The number of methoxy groups -OCH3 is 1. The molecule has 2 N–H and O–H groups in total. The number of piperidine rings is 1. The van der Waals surface area contributed by atoms with Gasteiger partial charge < -0.3 is 20.3 Å². The Balaban J connectivity index is 1.91. The maximum Gasteiger partial charge on any atom is 0.238 e. The predicted molar refractivity (Wildman–Crippen MR) is 85.9 cm³/mol. The minimum atomic E-state index is -0.0180. The molecule has 1 aliphatic heterocycles. The van der Waals surface area contributed by atoms with Gasteiger partial charge >= 0.3 is 0 Å². The number of para-hydroxylation sites is 2. The quantitative estimate of drug-likeness (QED) is 0.753. The molecule has 0 saturated carbocycles. The maximum absolute atomic E-state index is 12.0. The summed E-state index contributed by atoms with van der Waals surface area (Å²) in [5, 5.41) is 6.06. The van der Waals surface area contributed by atoms with Crippen molar-refractivity contribution in [3.63, 3.8) is 0 Å². The van der Waals surface area contributed by atoms with Gasteiger partial charge in [-0.1, -0.05) is 12.1 Å². The number of benzene rings is 1. The van der Waals surface area contributed by atoms with Crippen LogP contribution in [0.2, 0.25) is 0 Å². The van der Waals surface area contributed by atoms with Crippen molar-refractivity contribution in [3.05, 3.63) is 24.3 Å². The van der Waals surface area contributed by atoms with Gasteiger partial charge in [-0.2, -0.15) is 0 Å². The van der Waals surface area contributed by atoms with Gasteiger partial charge in [-0.15, -0.1) is 0 Å². The topological polar surface area (TPSA) is 53.6 Å². The van der Waals surface area contributed by atoms with Gasteiger partial charge in [0.25, 0.3) is 0 Å². The average Bonchev–Trinajstić information content (AvgIpc) is 2.53. The second-order valence-corrected chi connectivity index (χ2v) is 5.28. The summed E-state index contributed by atoms with van der Waals surface area (Å²) >= 11 is 0. The molecule has 1 aromatic carbocycles. The number of nitrogens with zero attached hydrogens (tertiary/aromatic N) is 1. The van der Waals surface area contributed by atoms with Gasteiger partial charge in [0.1, 0.15) is 0 Å². The zero-order valence-corrected chi connectivity index (χ0v) is 12.7. The summed E-state index contributed by atoms with van der Waals surface area (Å²) in [7, 11) is 1.65. The van der Waals surface area contributed by atoms with Gasteiger partial charge in [-0.3, -0.25) is 4.79 Å².